The van der Waals surface area contributed by atoms with E-state index in [0.717, 1.165) is 28.1 Å². The summed E-state index contributed by atoms with van der Waals surface area (Å²) >= 11 is 0. The number of piperidine rings is 1. The summed E-state index contributed by atoms with van der Waals surface area (Å²) in [5.74, 6) is -0.665. The van der Waals surface area contributed by atoms with Crippen molar-refractivity contribution in [2.24, 2.45) is 0 Å². The predicted octanol–water partition coefficient (Wildman–Crippen LogP) is 7.43. The Hall–Kier alpha value is -3.78. The van der Waals surface area contributed by atoms with Crippen molar-refractivity contribution < 1.29 is 23.5 Å². The number of halogens is 1. The molecule has 1 saturated heterocycles. The number of alkyl halides is 1. The third-order valence-electron chi connectivity index (χ3n) is 7.73. The number of anilines is 1. The van der Waals surface area contributed by atoms with Crippen molar-refractivity contribution >= 4 is 17.6 Å². The van der Waals surface area contributed by atoms with E-state index in [0.29, 0.717) is 49.3 Å². The number of ether oxygens (including phenoxy) is 2. The van der Waals surface area contributed by atoms with Gasteiger partial charge in [-0.25, -0.2) is 9.18 Å². The smallest absolute Gasteiger partial charge is 0.340 e. The SMILES string of the molecule is Cc1nc(C)c([C@H](OC(C)(C)C)C(=O)OC(C)C)c(N2CCC(C)(F)CC2)c1-c1ccc(C(=O)NCc2ccccc2)cc1. The Morgan fingerprint density at radius 3 is 2.18 bits per heavy atom. The second-order valence-corrected chi connectivity index (χ2v) is 13.2. The molecule has 0 spiro atoms. The van der Waals surface area contributed by atoms with Gasteiger partial charge in [0.25, 0.3) is 5.91 Å². The van der Waals surface area contributed by atoms with E-state index in [1.807, 2.05) is 90.9 Å². The lowest BCUT2D eigenvalue weighted by molar-refractivity contribution is -0.171. The summed E-state index contributed by atoms with van der Waals surface area (Å²) in [7, 11) is 0. The van der Waals surface area contributed by atoms with Crippen LogP contribution in [0.5, 0.6) is 0 Å². The molecule has 0 aliphatic carbocycles. The Bertz CT molecular complexity index is 1450. The summed E-state index contributed by atoms with van der Waals surface area (Å²) in [6.45, 7) is 16.1. The summed E-state index contributed by atoms with van der Waals surface area (Å²) in [5, 5.41) is 2.97. The lowest BCUT2D eigenvalue weighted by Gasteiger charge is -2.39. The number of nitrogens with zero attached hydrogens (tertiary/aromatic N) is 2. The van der Waals surface area contributed by atoms with Gasteiger partial charge in [-0.3, -0.25) is 9.78 Å². The van der Waals surface area contributed by atoms with Gasteiger partial charge in [-0.2, -0.15) is 0 Å². The highest BCUT2D eigenvalue weighted by Crippen LogP contribution is 2.44. The minimum Gasteiger partial charge on any atom is -0.461 e. The van der Waals surface area contributed by atoms with Crippen molar-refractivity contribution in [1.82, 2.24) is 10.3 Å². The van der Waals surface area contributed by atoms with Gasteiger partial charge in [-0.05, 0) is 91.5 Å². The first-order chi connectivity index (χ1) is 20.6. The number of rotatable bonds is 9. The number of carbonyl (C=O) groups is 2. The highest BCUT2D eigenvalue weighted by Gasteiger charge is 2.38. The molecule has 1 fully saturated rings. The third-order valence-corrected chi connectivity index (χ3v) is 7.73. The van der Waals surface area contributed by atoms with Crippen LogP contribution in [-0.4, -0.2) is 47.3 Å². The Kier molecular flexibility index (Phi) is 10.1. The number of aromatic nitrogens is 1. The number of hydrogen-bond acceptors (Lipinski definition) is 6. The van der Waals surface area contributed by atoms with Crippen LogP contribution < -0.4 is 10.2 Å². The zero-order valence-corrected chi connectivity index (χ0v) is 27.3. The third kappa shape index (κ3) is 8.23. The maximum absolute atomic E-state index is 15.0. The molecular weight excluding hydrogens is 557 g/mol. The minimum absolute atomic E-state index is 0.173. The number of amides is 1. The van der Waals surface area contributed by atoms with Gasteiger partial charge in [0.15, 0.2) is 6.10 Å². The average Bonchev–Trinajstić information content (AvgIpc) is 2.94. The van der Waals surface area contributed by atoms with E-state index >= 15 is 4.39 Å². The Morgan fingerprint density at radius 2 is 1.61 bits per heavy atom. The zero-order chi connectivity index (χ0) is 32.2. The fourth-order valence-corrected chi connectivity index (χ4v) is 5.57. The molecular formula is C36H46FN3O4. The molecule has 2 aromatic carbocycles. The van der Waals surface area contributed by atoms with E-state index in [1.54, 1.807) is 19.1 Å². The normalized spacial score (nSPS) is 15.6. The van der Waals surface area contributed by atoms with Crippen molar-refractivity contribution in [3.05, 3.63) is 82.7 Å². The molecule has 8 heteroatoms. The fourth-order valence-electron chi connectivity index (χ4n) is 5.57. The molecule has 7 nitrogen and oxygen atoms in total. The van der Waals surface area contributed by atoms with Gasteiger partial charge in [0, 0.05) is 47.7 Å². The van der Waals surface area contributed by atoms with Crippen LogP contribution in [0, 0.1) is 13.8 Å². The molecule has 0 saturated carbocycles. The van der Waals surface area contributed by atoms with Gasteiger partial charge in [0.2, 0.25) is 0 Å². The van der Waals surface area contributed by atoms with Gasteiger partial charge in [0.05, 0.1) is 17.4 Å². The fraction of sp³-hybridized carbons (Fsp3) is 0.472. The first-order valence-corrected chi connectivity index (χ1v) is 15.4. The number of nitrogens with one attached hydrogen (secondary N) is 1. The van der Waals surface area contributed by atoms with Crippen LogP contribution in [0.1, 0.15) is 93.4 Å². The average molecular weight is 604 g/mol. The van der Waals surface area contributed by atoms with Crippen molar-refractivity contribution in [1.29, 1.82) is 0 Å². The topological polar surface area (TPSA) is 80.8 Å². The number of pyridine rings is 1. The summed E-state index contributed by atoms with van der Waals surface area (Å²) < 4.78 is 27.1. The molecule has 1 aliphatic heterocycles. The van der Waals surface area contributed by atoms with E-state index in [4.69, 9.17) is 14.5 Å². The second-order valence-electron chi connectivity index (χ2n) is 13.2. The molecule has 2 heterocycles. The van der Waals surface area contributed by atoms with Crippen LogP contribution in [0.3, 0.4) is 0 Å². The molecule has 1 atom stereocenters. The largest absolute Gasteiger partial charge is 0.461 e. The number of benzene rings is 2. The summed E-state index contributed by atoms with van der Waals surface area (Å²) in [6.07, 6.45) is -0.666. The molecule has 0 bridgehead atoms. The maximum atomic E-state index is 15.0. The van der Waals surface area contributed by atoms with Gasteiger partial charge >= 0.3 is 5.97 Å². The van der Waals surface area contributed by atoms with Crippen LogP contribution in [0.2, 0.25) is 0 Å². The molecule has 1 aliphatic rings. The second kappa shape index (κ2) is 13.5. The molecule has 4 rings (SSSR count). The molecule has 236 valence electrons. The first-order valence-electron chi connectivity index (χ1n) is 15.4. The van der Waals surface area contributed by atoms with Gasteiger partial charge < -0.3 is 19.7 Å². The Morgan fingerprint density at radius 1 is 1.00 bits per heavy atom. The van der Waals surface area contributed by atoms with Crippen LogP contribution in [0.15, 0.2) is 54.6 Å². The Labute approximate surface area is 261 Å². The lowest BCUT2D eigenvalue weighted by atomic mass is 9.90. The van der Waals surface area contributed by atoms with Crippen LogP contribution >= 0.6 is 0 Å². The van der Waals surface area contributed by atoms with Gasteiger partial charge in [-0.1, -0.05) is 42.5 Å². The van der Waals surface area contributed by atoms with Crippen molar-refractivity contribution in [3.63, 3.8) is 0 Å². The molecule has 44 heavy (non-hydrogen) atoms. The van der Waals surface area contributed by atoms with Crippen molar-refractivity contribution in [2.75, 3.05) is 18.0 Å². The molecule has 1 N–H and O–H groups in total. The number of carbonyl (C=O) groups excluding carboxylic acids is 2. The highest BCUT2D eigenvalue weighted by molar-refractivity contribution is 5.95. The van der Waals surface area contributed by atoms with Crippen LogP contribution in [0.4, 0.5) is 10.1 Å². The Balaban J connectivity index is 1.80. The molecule has 3 aromatic rings. The van der Waals surface area contributed by atoms with E-state index in [2.05, 4.69) is 10.2 Å². The first kappa shape index (κ1) is 33.1. The molecule has 1 amide bonds. The number of hydrogen-bond donors (Lipinski definition) is 1. The molecule has 1 aromatic heterocycles. The summed E-state index contributed by atoms with van der Waals surface area (Å²) in [6, 6.07) is 17.2. The lowest BCUT2D eigenvalue weighted by Crippen LogP contribution is -2.41. The molecule has 0 unspecified atom stereocenters. The van der Waals surface area contributed by atoms with Crippen LogP contribution in [0.25, 0.3) is 11.1 Å². The summed E-state index contributed by atoms with van der Waals surface area (Å²) in [4.78, 5) is 33.6. The monoisotopic (exact) mass is 603 g/mol. The zero-order valence-electron chi connectivity index (χ0n) is 27.3. The highest BCUT2D eigenvalue weighted by atomic mass is 19.1. The minimum atomic E-state index is -1.26. The number of aryl methyl sites for hydroxylation is 2. The van der Waals surface area contributed by atoms with Crippen molar-refractivity contribution in [3.8, 4) is 11.1 Å². The van der Waals surface area contributed by atoms with E-state index in [1.165, 1.54) is 0 Å². The standard InChI is InChI=1S/C36H46FN3O4/c1-23(2)43-34(42)32(44-35(5,6)7)30-25(4)39-24(3)29(31(30)40-20-18-36(8,37)19-21-40)27-14-16-28(17-15-27)33(41)38-22-26-12-10-9-11-13-26/h9-17,23,32H,18-22H2,1-8H3,(H,38,41)/t32-/m0/s1. The van der Waals surface area contributed by atoms with Crippen LogP contribution in [-0.2, 0) is 20.8 Å². The van der Waals surface area contributed by atoms with E-state index in [9.17, 15) is 9.59 Å². The maximum Gasteiger partial charge on any atom is 0.340 e. The summed E-state index contributed by atoms with van der Waals surface area (Å²) in [5.41, 5.74) is 4.12. The van der Waals surface area contributed by atoms with Gasteiger partial charge in [-0.15, -0.1) is 0 Å². The quantitative estimate of drug-likeness (QED) is 0.256. The van der Waals surface area contributed by atoms with Gasteiger partial charge in [0.1, 0.15) is 5.67 Å². The predicted molar refractivity (Wildman–Crippen MR) is 173 cm³/mol. The number of esters is 1. The van der Waals surface area contributed by atoms with E-state index < -0.39 is 23.3 Å². The van der Waals surface area contributed by atoms with E-state index in [-0.39, 0.29) is 12.0 Å². The molecule has 0 radical (unpaired) electrons. The van der Waals surface area contributed by atoms with Crippen molar-refractivity contribution in [2.45, 2.75) is 98.3 Å².